The van der Waals surface area contributed by atoms with Crippen molar-refractivity contribution in [1.29, 1.82) is 0 Å². The van der Waals surface area contributed by atoms with Crippen molar-refractivity contribution in [1.82, 2.24) is 4.57 Å². The molecule has 0 unspecified atom stereocenters. The van der Waals surface area contributed by atoms with Crippen LogP contribution in [-0.4, -0.2) is 16.3 Å². The van der Waals surface area contributed by atoms with E-state index in [1.54, 1.807) is 16.8 Å². The van der Waals surface area contributed by atoms with Crippen molar-refractivity contribution >= 4 is 5.69 Å². The molecule has 0 bridgehead atoms. The maximum Gasteiger partial charge on any atom is 0.250 e. The zero-order valence-electron chi connectivity index (χ0n) is 9.78. The quantitative estimate of drug-likeness (QED) is 0.715. The average Bonchev–Trinajstić information content (AvgIpc) is 2.25. The normalized spacial score (nSPS) is 10.6. The molecule has 0 aliphatic heterocycles. The molecule has 4 heteroatoms. The van der Waals surface area contributed by atoms with Crippen molar-refractivity contribution < 1.29 is 5.11 Å². The van der Waals surface area contributed by atoms with Crippen LogP contribution in [0.3, 0.4) is 0 Å². The number of aliphatic hydroxyl groups excluding tert-OH is 1. The Morgan fingerprint density at radius 3 is 2.69 bits per heavy atom. The third-order valence-electron chi connectivity index (χ3n) is 2.68. The molecule has 16 heavy (non-hydrogen) atoms. The third kappa shape index (κ3) is 3.70. The van der Waals surface area contributed by atoms with E-state index in [0.717, 1.165) is 31.2 Å². The van der Waals surface area contributed by atoms with Crippen LogP contribution in [0, 0.1) is 6.92 Å². The van der Waals surface area contributed by atoms with E-state index in [2.05, 4.69) is 0 Å². The molecule has 0 atom stereocenters. The van der Waals surface area contributed by atoms with Gasteiger partial charge in [0.2, 0.25) is 0 Å². The van der Waals surface area contributed by atoms with Crippen molar-refractivity contribution in [2.75, 3.05) is 12.3 Å². The molecule has 0 saturated carbocycles. The van der Waals surface area contributed by atoms with Gasteiger partial charge in [-0.2, -0.15) is 0 Å². The van der Waals surface area contributed by atoms with Crippen LogP contribution in [0.15, 0.2) is 17.1 Å². The lowest BCUT2D eigenvalue weighted by molar-refractivity contribution is 0.282. The molecule has 0 radical (unpaired) electrons. The fourth-order valence-corrected chi connectivity index (χ4v) is 1.61. The first-order chi connectivity index (χ1) is 7.65. The van der Waals surface area contributed by atoms with Crippen LogP contribution in [0.25, 0.3) is 0 Å². The summed E-state index contributed by atoms with van der Waals surface area (Å²) in [5, 5.41) is 8.62. The van der Waals surface area contributed by atoms with E-state index >= 15 is 0 Å². The van der Waals surface area contributed by atoms with Gasteiger partial charge >= 0.3 is 0 Å². The molecular weight excluding hydrogens is 204 g/mol. The number of nitrogens with zero attached hydrogens (tertiary/aromatic N) is 1. The summed E-state index contributed by atoms with van der Waals surface area (Å²) in [6.07, 6.45) is 5.53. The second-order valence-electron chi connectivity index (χ2n) is 4.08. The fourth-order valence-electron chi connectivity index (χ4n) is 1.61. The van der Waals surface area contributed by atoms with Crippen molar-refractivity contribution in [3.63, 3.8) is 0 Å². The zero-order chi connectivity index (χ0) is 12.0. The summed E-state index contributed by atoms with van der Waals surface area (Å²) in [7, 11) is 0. The van der Waals surface area contributed by atoms with Gasteiger partial charge in [-0.3, -0.25) is 4.79 Å². The Morgan fingerprint density at radius 2 is 2.00 bits per heavy atom. The highest BCUT2D eigenvalue weighted by Crippen LogP contribution is 2.07. The van der Waals surface area contributed by atoms with Gasteiger partial charge in [0.25, 0.3) is 5.56 Å². The lowest BCUT2D eigenvalue weighted by Crippen LogP contribution is -2.20. The highest BCUT2D eigenvalue weighted by molar-refractivity contribution is 5.42. The SMILES string of the molecule is Cc1cc(=O)n(CCCCCCO)cc1N. The fraction of sp³-hybridized carbons (Fsp3) is 0.583. The molecular formula is C12H20N2O2. The Labute approximate surface area is 95.7 Å². The number of aliphatic hydroxyl groups is 1. The first-order valence-electron chi connectivity index (χ1n) is 5.72. The molecule has 1 heterocycles. The molecule has 0 spiro atoms. The Hall–Kier alpha value is -1.29. The predicted octanol–water partition coefficient (Wildman–Crippen LogP) is 1.29. The summed E-state index contributed by atoms with van der Waals surface area (Å²) in [6, 6.07) is 1.57. The Balaban J connectivity index is 2.48. The molecule has 1 rings (SSSR count). The lowest BCUT2D eigenvalue weighted by atomic mass is 10.2. The van der Waals surface area contributed by atoms with E-state index < -0.39 is 0 Å². The lowest BCUT2D eigenvalue weighted by Gasteiger charge is -2.07. The number of aryl methyl sites for hydroxylation is 2. The van der Waals surface area contributed by atoms with Crippen LogP contribution >= 0.6 is 0 Å². The van der Waals surface area contributed by atoms with E-state index in [-0.39, 0.29) is 12.2 Å². The first-order valence-corrected chi connectivity index (χ1v) is 5.72. The molecule has 4 nitrogen and oxygen atoms in total. The number of aromatic nitrogens is 1. The highest BCUT2D eigenvalue weighted by Gasteiger charge is 2.00. The van der Waals surface area contributed by atoms with Gasteiger partial charge in [0.05, 0.1) is 5.69 Å². The topological polar surface area (TPSA) is 68.2 Å². The number of hydrogen-bond acceptors (Lipinski definition) is 3. The molecule has 1 aromatic heterocycles. The number of nitrogens with two attached hydrogens (primary N) is 1. The van der Waals surface area contributed by atoms with E-state index in [1.165, 1.54) is 0 Å². The predicted molar refractivity (Wildman–Crippen MR) is 65.4 cm³/mol. The summed E-state index contributed by atoms with van der Waals surface area (Å²) < 4.78 is 1.65. The molecule has 0 amide bonds. The molecule has 0 aromatic carbocycles. The van der Waals surface area contributed by atoms with Crippen LogP contribution in [0.1, 0.15) is 31.2 Å². The minimum Gasteiger partial charge on any atom is -0.397 e. The third-order valence-corrected chi connectivity index (χ3v) is 2.68. The standard InChI is InChI=1S/C12H20N2O2/c1-10-8-12(16)14(9-11(10)13)6-4-2-3-5-7-15/h8-9,15H,2-7,13H2,1H3. The minimum absolute atomic E-state index is 0.00820. The van der Waals surface area contributed by atoms with Crippen LogP contribution in [0.5, 0.6) is 0 Å². The highest BCUT2D eigenvalue weighted by atomic mass is 16.2. The molecule has 0 saturated heterocycles. The summed E-state index contributed by atoms with van der Waals surface area (Å²) >= 11 is 0. The Morgan fingerprint density at radius 1 is 1.31 bits per heavy atom. The Kier molecular flexibility index (Phi) is 5.05. The maximum atomic E-state index is 11.6. The first kappa shape index (κ1) is 12.8. The van der Waals surface area contributed by atoms with E-state index in [1.807, 2.05) is 6.92 Å². The van der Waals surface area contributed by atoms with Crippen molar-refractivity contribution in [3.8, 4) is 0 Å². The molecule has 90 valence electrons. The van der Waals surface area contributed by atoms with E-state index in [9.17, 15) is 4.79 Å². The summed E-state index contributed by atoms with van der Waals surface area (Å²) in [5.74, 6) is 0. The smallest absolute Gasteiger partial charge is 0.250 e. The number of rotatable bonds is 6. The molecule has 0 aliphatic carbocycles. The van der Waals surface area contributed by atoms with Crippen LogP contribution < -0.4 is 11.3 Å². The second-order valence-corrected chi connectivity index (χ2v) is 4.08. The minimum atomic E-state index is 0.00820. The van der Waals surface area contributed by atoms with Crippen molar-refractivity contribution in [2.24, 2.45) is 0 Å². The summed E-state index contributed by atoms with van der Waals surface area (Å²) in [5.41, 5.74) is 7.25. The number of anilines is 1. The van der Waals surface area contributed by atoms with Crippen molar-refractivity contribution in [3.05, 3.63) is 28.2 Å². The zero-order valence-corrected chi connectivity index (χ0v) is 9.78. The van der Waals surface area contributed by atoms with E-state index in [4.69, 9.17) is 10.8 Å². The van der Waals surface area contributed by atoms with Crippen LogP contribution in [0.2, 0.25) is 0 Å². The summed E-state index contributed by atoms with van der Waals surface area (Å²) in [6.45, 7) is 2.79. The Bertz CT molecular complexity index is 385. The van der Waals surface area contributed by atoms with Gasteiger partial charge in [-0.1, -0.05) is 12.8 Å². The largest absolute Gasteiger partial charge is 0.397 e. The van der Waals surface area contributed by atoms with Gasteiger partial charge in [-0.25, -0.2) is 0 Å². The number of pyridine rings is 1. The van der Waals surface area contributed by atoms with Crippen molar-refractivity contribution in [2.45, 2.75) is 39.2 Å². The molecule has 3 N–H and O–H groups in total. The molecule has 0 aliphatic rings. The van der Waals surface area contributed by atoms with Gasteiger partial charge in [0.15, 0.2) is 0 Å². The van der Waals surface area contributed by atoms with Crippen LogP contribution in [0.4, 0.5) is 5.69 Å². The van der Waals surface area contributed by atoms with Gasteiger partial charge in [-0.05, 0) is 25.3 Å². The molecule has 1 aromatic rings. The van der Waals surface area contributed by atoms with Crippen LogP contribution in [-0.2, 0) is 6.54 Å². The molecule has 0 fully saturated rings. The average molecular weight is 224 g/mol. The number of unbranched alkanes of at least 4 members (excludes halogenated alkanes) is 3. The van der Waals surface area contributed by atoms with Gasteiger partial charge in [0, 0.05) is 25.4 Å². The number of hydrogen-bond donors (Lipinski definition) is 2. The van der Waals surface area contributed by atoms with Gasteiger partial charge in [0.1, 0.15) is 0 Å². The second kappa shape index (κ2) is 6.33. The van der Waals surface area contributed by atoms with E-state index in [0.29, 0.717) is 12.2 Å². The number of nitrogen functional groups attached to an aromatic ring is 1. The van der Waals surface area contributed by atoms with Gasteiger partial charge < -0.3 is 15.4 Å². The monoisotopic (exact) mass is 224 g/mol. The summed E-state index contributed by atoms with van der Waals surface area (Å²) in [4.78, 5) is 11.6. The maximum absolute atomic E-state index is 11.6. The van der Waals surface area contributed by atoms with Gasteiger partial charge in [-0.15, -0.1) is 0 Å².